The Bertz CT molecular complexity index is 384. The van der Waals surface area contributed by atoms with E-state index >= 15 is 0 Å². The van der Waals surface area contributed by atoms with Crippen LogP contribution in [-0.2, 0) is 9.53 Å². The van der Waals surface area contributed by atoms with Gasteiger partial charge in [0.1, 0.15) is 6.54 Å². The van der Waals surface area contributed by atoms with Crippen LogP contribution in [0.3, 0.4) is 0 Å². The van der Waals surface area contributed by atoms with Crippen molar-refractivity contribution in [1.29, 1.82) is 0 Å². The lowest BCUT2D eigenvalue weighted by Crippen LogP contribution is -2.31. The van der Waals surface area contributed by atoms with Crippen molar-refractivity contribution in [3.63, 3.8) is 0 Å². The van der Waals surface area contributed by atoms with E-state index in [1.165, 1.54) is 0 Å². The molecular weight excluding hydrogens is 254 g/mol. The Kier molecular flexibility index (Phi) is 6.54. The average molecular weight is 272 g/mol. The van der Waals surface area contributed by atoms with Gasteiger partial charge in [0.2, 0.25) is 0 Å². The molecule has 0 aliphatic carbocycles. The highest BCUT2D eigenvalue weighted by atomic mass is 35.5. The monoisotopic (exact) mass is 271 g/mol. The van der Waals surface area contributed by atoms with Crippen molar-refractivity contribution in [3.05, 3.63) is 29.3 Å². The molecule has 0 saturated heterocycles. The van der Waals surface area contributed by atoms with E-state index in [1.54, 1.807) is 17.0 Å². The van der Waals surface area contributed by atoms with E-state index in [1.807, 2.05) is 19.1 Å². The van der Waals surface area contributed by atoms with Gasteiger partial charge in [-0.15, -0.1) is 0 Å². The van der Waals surface area contributed by atoms with Crippen molar-refractivity contribution in [2.24, 2.45) is 0 Å². The summed E-state index contributed by atoms with van der Waals surface area (Å²) in [4.78, 5) is 12.6. The molecule has 0 radical (unpaired) electrons. The van der Waals surface area contributed by atoms with Crippen LogP contribution in [0.1, 0.15) is 13.3 Å². The highest BCUT2D eigenvalue weighted by Gasteiger charge is 2.10. The molecular formula is C13H18ClNO3. The Morgan fingerprint density at radius 2 is 2.28 bits per heavy atom. The molecule has 1 aromatic rings. The molecule has 0 atom stereocenters. The number of halogens is 1. The molecule has 0 amide bonds. The molecule has 1 N–H and O–H groups in total. The minimum atomic E-state index is -0.855. The molecule has 18 heavy (non-hydrogen) atoms. The van der Waals surface area contributed by atoms with Crippen LogP contribution in [0.5, 0.6) is 0 Å². The van der Waals surface area contributed by atoms with E-state index in [4.69, 9.17) is 21.4 Å². The highest BCUT2D eigenvalue weighted by Crippen LogP contribution is 2.19. The fourth-order valence-electron chi connectivity index (χ4n) is 1.64. The van der Waals surface area contributed by atoms with Crippen LogP contribution in [0.15, 0.2) is 24.3 Å². The van der Waals surface area contributed by atoms with Crippen LogP contribution in [0.4, 0.5) is 5.69 Å². The number of carboxylic acid groups (broad SMARTS) is 1. The zero-order valence-corrected chi connectivity index (χ0v) is 11.2. The van der Waals surface area contributed by atoms with Crippen molar-refractivity contribution in [2.45, 2.75) is 13.3 Å². The molecule has 0 saturated carbocycles. The van der Waals surface area contributed by atoms with Gasteiger partial charge in [-0.3, -0.25) is 4.79 Å². The number of anilines is 1. The van der Waals surface area contributed by atoms with Gasteiger partial charge in [-0.25, -0.2) is 0 Å². The molecule has 1 aromatic carbocycles. The van der Waals surface area contributed by atoms with Gasteiger partial charge in [0.05, 0.1) is 0 Å². The van der Waals surface area contributed by atoms with Gasteiger partial charge in [0.25, 0.3) is 0 Å². The number of carboxylic acids is 1. The van der Waals surface area contributed by atoms with Crippen LogP contribution < -0.4 is 4.90 Å². The zero-order chi connectivity index (χ0) is 13.4. The van der Waals surface area contributed by atoms with Gasteiger partial charge in [-0.05, 0) is 31.5 Å². The minimum absolute atomic E-state index is 0.0353. The van der Waals surface area contributed by atoms with Gasteiger partial charge >= 0.3 is 5.97 Å². The van der Waals surface area contributed by atoms with Gasteiger partial charge in [-0.2, -0.15) is 0 Å². The van der Waals surface area contributed by atoms with Crippen molar-refractivity contribution in [3.8, 4) is 0 Å². The summed E-state index contributed by atoms with van der Waals surface area (Å²) in [5, 5.41) is 9.52. The summed E-state index contributed by atoms with van der Waals surface area (Å²) < 4.78 is 5.25. The molecule has 100 valence electrons. The Morgan fingerprint density at radius 1 is 1.50 bits per heavy atom. The molecule has 0 fully saturated rings. The van der Waals surface area contributed by atoms with E-state index in [9.17, 15) is 4.79 Å². The van der Waals surface area contributed by atoms with Crippen molar-refractivity contribution in [1.82, 2.24) is 0 Å². The number of benzene rings is 1. The number of nitrogens with zero attached hydrogens (tertiary/aromatic N) is 1. The summed E-state index contributed by atoms with van der Waals surface area (Å²) >= 11 is 5.91. The first-order valence-electron chi connectivity index (χ1n) is 5.93. The lowest BCUT2D eigenvalue weighted by Gasteiger charge is -2.23. The highest BCUT2D eigenvalue weighted by molar-refractivity contribution is 6.30. The summed E-state index contributed by atoms with van der Waals surface area (Å²) in [6, 6.07) is 7.21. The summed E-state index contributed by atoms with van der Waals surface area (Å²) in [7, 11) is 0. The van der Waals surface area contributed by atoms with Crippen LogP contribution in [0, 0.1) is 0 Å². The first kappa shape index (κ1) is 14.8. The fraction of sp³-hybridized carbons (Fsp3) is 0.462. The molecule has 0 spiro atoms. The maximum atomic E-state index is 10.9. The van der Waals surface area contributed by atoms with Crippen LogP contribution in [-0.4, -0.2) is 37.4 Å². The standard InChI is InChI=1S/C13H18ClNO3/c1-2-18-8-4-7-15(10-13(16)17)12-6-3-5-11(14)9-12/h3,5-6,9H,2,4,7-8,10H2,1H3,(H,16,17). The topological polar surface area (TPSA) is 49.8 Å². The van der Waals surface area contributed by atoms with E-state index in [-0.39, 0.29) is 6.54 Å². The van der Waals surface area contributed by atoms with Crippen molar-refractivity contribution < 1.29 is 14.6 Å². The summed E-state index contributed by atoms with van der Waals surface area (Å²) in [5.74, 6) is -0.855. The molecule has 0 aromatic heterocycles. The van der Waals surface area contributed by atoms with E-state index in [2.05, 4.69) is 0 Å². The zero-order valence-electron chi connectivity index (χ0n) is 10.4. The van der Waals surface area contributed by atoms with E-state index in [0.29, 0.717) is 24.8 Å². The molecule has 0 bridgehead atoms. The van der Waals surface area contributed by atoms with Crippen LogP contribution in [0.2, 0.25) is 5.02 Å². The Morgan fingerprint density at radius 3 is 2.89 bits per heavy atom. The quantitative estimate of drug-likeness (QED) is 0.739. The fourth-order valence-corrected chi connectivity index (χ4v) is 1.82. The first-order chi connectivity index (χ1) is 8.63. The number of hydrogen-bond acceptors (Lipinski definition) is 3. The SMILES string of the molecule is CCOCCCN(CC(=O)O)c1cccc(Cl)c1. The van der Waals surface area contributed by atoms with Gasteiger partial charge in [0.15, 0.2) is 0 Å². The molecule has 0 aliphatic heterocycles. The Hall–Kier alpha value is -1.26. The lowest BCUT2D eigenvalue weighted by molar-refractivity contribution is -0.135. The van der Waals surface area contributed by atoms with Gasteiger partial charge < -0.3 is 14.7 Å². The predicted molar refractivity (Wildman–Crippen MR) is 72.4 cm³/mol. The van der Waals surface area contributed by atoms with Gasteiger partial charge in [-0.1, -0.05) is 17.7 Å². The summed E-state index contributed by atoms with van der Waals surface area (Å²) in [5.41, 5.74) is 0.821. The first-order valence-corrected chi connectivity index (χ1v) is 6.31. The van der Waals surface area contributed by atoms with E-state index in [0.717, 1.165) is 12.1 Å². The van der Waals surface area contributed by atoms with E-state index < -0.39 is 5.97 Å². The largest absolute Gasteiger partial charge is 0.480 e. The second kappa shape index (κ2) is 7.95. The maximum Gasteiger partial charge on any atom is 0.323 e. The Balaban J connectivity index is 2.62. The molecule has 1 rings (SSSR count). The number of ether oxygens (including phenoxy) is 1. The van der Waals surface area contributed by atoms with Crippen LogP contribution in [0.25, 0.3) is 0 Å². The molecule has 0 unspecified atom stereocenters. The van der Waals surface area contributed by atoms with Gasteiger partial charge in [0, 0.05) is 30.5 Å². The normalized spacial score (nSPS) is 10.3. The minimum Gasteiger partial charge on any atom is -0.480 e. The second-order valence-electron chi connectivity index (χ2n) is 3.85. The summed E-state index contributed by atoms with van der Waals surface area (Å²) in [6.07, 6.45) is 0.785. The summed E-state index contributed by atoms with van der Waals surface area (Å²) in [6.45, 7) is 3.84. The predicted octanol–water partition coefficient (Wildman–Crippen LogP) is 2.66. The number of rotatable bonds is 8. The molecule has 0 heterocycles. The maximum absolute atomic E-state index is 10.9. The van der Waals surface area contributed by atoms with Crippen LogP contribution >= 0.6 is 11.6 Å². The molecule has 4 nitrogen and oxygen atoms in total. The Labute approximate surface area is 112 Å². The second-order valence-corrected chi connectivity index (χ2v) is 4.28. The average Bonchev–Trinajstić information content (AvgIpc) is 2.32. The lowest BCUT2D eigenvalue weighted by atomic mass is 10.2. The van der Waals surface area contributed by atoms with Crippen molar-refractivity contribution >= 4 is 23.3 Å². The molecule has 0 aliphatic rings. The molecule has 5 heteroatoms. The third-order valence-electron chi connectivity index (χ3n) is 2.42. The third kappa shape index (κ3) is 5.38. The number of hydrogen-bond donors (Lipinski definition) is 1. The van der Waals surface area contributed by atoms with Crippen molar-refractivity contribution in [2.75, 3.05) is 31.2 Å². The third-order valence-corrected chi connectivity index (χ3v) is 2.66. The smallest absolute Gasteiger partial charge is 0.323 e. The number of carbonyl (C=O) groups is 1. The number of aliphatic carboxylic acids is 1.